The molecule has 1 aromatic heterocycles. The van der Waals surface area contributed by atoms with Crippen LogP contribution in [-0.2, 0) is 0 Å². The highest BCUT2D eigenvalue weighted by atomic mass is 19.1. The molecule has 18 heavy (non-hydrogen) atoms. The van der Waals surface area contributed by atoms with E-state index in [0.717, 1.165) is 11.6 Å². The van der Waals surface area contributed by atoms with Crippen LogP contribution in [0.1, 0.15) is 40.0 Å². The van der Waals surface area contributed by atoms with Crippen molar-refractivity contribution in [2.75, 3.05) is 5.32 Å². The van der Waals surface area contributed by atoms with Gasteiger partial charge in [-0.2, -0.15) is 4.39 Å². The molecule has 2 bridgehead atoms. The molecule has 1 N–H and O–H groups in total. The van der Waals surface area contributed by atoms with Crippen LogP contribution in [0, 0.1) is 22.7 Å². The topological polar surface area (TPSA) is 24.9 Å². The van der Waals surface area contributed by atoms with Crippen LogP contribution in [0.25, 0.3) is 0 Å². The largest absolute Gasteiger partial charge is 0.380 e. The minimum Gasteiger partial charge on any atom is -0.380 e. The molecule has 3 atom stereocenters. The molecule has 3 heteroatoms. The normalized spacial score (nSPS) is 36.9. The molecular weight excluding hydrogens is 227 g/mol. The van der Waals surface area contributed by atoms with Gasteiger partial charge >= 0.3 is 0 Å². The first kappa shape index (κ1) is 11.9. The number of hydrogen-bond acceptors (Lipinski definition) is 2. The van der Waals surface area contributed by atoms with Gasteiger partial charge in [0.05, 0.1) is 11.9 Å². The Hall–Kier alpha value is -1.12. The number of anilines is 1. The van der Waals surface area contributed by atoms with Crippen LogP contribution >= 0.6 is 0 Å². The van der Waals surface area contributed by atoms with Gasteiger partial charge < -0.3 is 5.32 Å². The van der Waals surface area contributed by atoms with Crippen LogP contribution in [0.4, 0.5) is 10.1 Å². The summed E-state index contributed by atoms with van der Waals surface area (Å²) in [6.45, 7) is 7.10. The second kappa shape index (κ2) is 3.69. The van der Waals surface area contributed by atoms with E-state index in [1.54, 1.807) is 12.3 Å². The Balaban J connectivity index is 1.86. The minimum absolute atomic E-state index is 0.307. The molecule has 0 amide bonds. The van der Waals surface area contributed by atoms with E-state index in [0.29, 0.717) is 16.9 Å². The molecule has 3 rings (SSSR count). The fraction of sp³-hybridized carbons (Fsp3) is 0.667. The highest BCUT2D eigenvalue weighted by molar-refractivity contribution is 5.43. The lowest BCUT2D eigenvalue weighted by atomic mass is 9.68. The predicted molar refractivity (Wildman–Crippen MR) is 70.8 cm³/mol. The quantitative estimate of drug-likeness (QED) is 0.804. The SMILES string of the molecule is CC1(C)C(Nc2ccc(F)nc2)[C@]2(C)CC[C@H]1C2. The monoisotopic (exact) mass is 248 g/mol. The predicted octanol–water partition coefficient (Wildman–Crippen LogP) is 3.85. The number of pyridine rings is 1. The molecule has 0 saturated heterocycles. The summed E-state index contributed by atoms with van der Waals surface area (Å²) < 4.78 is 12.8. The molecule has 0 aliphatic heterocycles. The van der Waals surface area contributed by atoms with Crippen molar-refractivity contribution in [1.29, 1.82) is 0 Å². The third-order valence-electron chi connectivity index (χ3n) is 5.31. The van der Waals surface area contributed by atoms with Crippen LogP contribution in [0.15, 0.2) is 18.3 Å². The highest BCUT2D eigenvalue weighted by Gasteiger charge is 2.59. The number of nitrogens with zero attached hydrogens (tertiary/aromatic N) is 1. The van der Waals surface area contributed by atoms with Gasteiger partial charge in [0.2, 0.25) is 5.95 Å². The molecule has 2 fully saturated rings. The summed E-state index contributed by atoms with van der Waals surface area (Å²) >= 11 is 0. The standard InChI is InChI=1S/C15H21FN2/c1-14(2)10-6-7-15(3,8-10)13(14)18-11-4-5-12(16)17-9-11/h4-5,9-10,13,18H,6-8H2,1-3H3/t10-,13?,15+/m0/s1. The van der Waals surface area contributed by atoms with E-state index >= 15 is 0 Å². The first-order chi connectivity index (χ1) is 8.42. The fourth-order valence-corrected chi connectivity index (χ4v) is 4.29. The van der Waals surface area contributed by atoms with Crippen molar-refractivity contribution >= 4 is 5.69 Å². The molecule has 98 valence electrons. The third-order valence-corrected chi connectivity index (χ3v) is 5.31. The van der Waals surface area contributed by atoms with E-state index in [2.05, 4.69) is 31.1 Å². The van der Waals surface area contributed by atoms with Gasteiger partial charge in [-0.15, -0.1) is 0 Å². The Morgan fingerprint density at radius 3 is 2.67 bits per heavy atom. The highest BCUT2D eigenvalue weighted by Crippen LogP contribution is 2.63. The number of rotatable bonds is 2. The Kier molecular flexibility index (Phi) is 2.45. The fourth-order valence-electron chi connectivity index (χ4n) is 4.29. The van der Waals surface area contributed by atoms with Crippen LogP contribution in [0.3, 0.4) is 0 Å². The number of halogens is 1. The maximum atomic E-state index is 12.8. The molecule has 1 aromatic rings. The van der Waals surface area contributed by atoms with Gasteiger partial charge in [-0.25, -0.2) is 4.98 Å². The van der Waals surface area contributed by atoms with E-state index in [1.807, 2.05) is 0 Å². The van der Waals surface area contributed by atoms with Gasteiger partial charge in [0.1, 0.15) is 0 Å². The average molecular weight is 248 g/mol. The Morgan fingerprint density at radius 1 is 1.33 bits per heavy atom. The zero-order chi connectivity index (χ0) is 13.0. The van der Waals surface area contributed by atoms with Crippen molar-refractivity contribution in [3.05, 3.63) is 24.3 Å². The van der Waals surface area contributed by atoms with Crippen molar-refractivity contribution in [2.45, 2.75) is 46.1 Å². The molecule has 2 aliphatic carbocycles. The van der Waals surface area contributed by atoms with E-state index in [4.69, 9.17) is 0 Å². The maximum absolute atomic E-state index is 12.8. The molecule has 1 heterocycles. The summed E-state index contributed by atoms with van der Waals surface area (Å²) in [5, 5.41) is 3.60. The van der Waals surface area contributed by atoms with Crippen molar-refractivity contribution in [3.63, 3.8) is 0 Å². The molecule has 0 spiro atoms. The molecule has 2 saturated carbocycles. The van der Waals surface area contributed by atoms with E-state index in [-0.39, 0.29) is 0 Å². The first-order valence-electron chi connectivity index (χ1n) is 6.80. The van der Waals surface area contributed by atoms with Crippen LogP contribution in [0.5, 0.6) is 0 Å². The second-order valence-electron chi connectivity index (χ2n) is 6.86. The molecule has 0 radical (unpaired) electrons. The second-order valence-corrected chi connectivity index (χ2v) is 6.86. The Labute approximate surface area is 108 Å². The van der Waals surface area contributed by atoms with Crippen molar-refractivity contribution in [1.82, 2.24) is 4.98 Å². The van der Waals surface area contributed by atoms with E-state index < -0.39 is 5.95 Å². The van der Waals surface area contributed by atoms with Gasteiger partial charge in [-0.3, -0.25) is 0 Å². The Bertz CT molecular complexity index is 449. The number of hydrogen-bond donors (Lipinski definition) is 1. The summed E-state index contributed by atoms with van der Waals surface area (Å²) in [6, 6.07) is 3.66. The molecule has 2 aliphatic rings. The smallest absolute Gasteiger partial charge is 0.212 e. The van der Waals surface area contributed by atoms with Crippen molar-refractivity contribution in [3.8, 4) is 0 Å². The number of fused-ring (bicyclic) bond motifs is 2. The van der Waals surface area contributed by atoms with E-state index in [9.17, 15) is 4.39 Å². The third kappa shape index (κ3) is 1.63. The van der Waals surface area contributed by atoms with Gasteiger partial charge in [-0.1, -0.05) is 20.8 Å². The lowest BCUT2D eigenvalue weighted by molar-refractivity contribution is 0.155. The van der Waals surface area contributed by atoms with Gasteiger partial charge in [0.15, 0.2) is 0 Å². The Morgan fingerprint density at radius 2 is 2.11 bits per heavy atom. The van der Waals surface area contributed by atoms with Gasteiger partial charge in [0, 0.05) is 6.04 Å². The van der Waals surface area contributed by atoms with Crippen LogP contribution < -0.4 is 5.32 Å². The maximum Gasteiger partial charge on any atom is 0.212 e. The average Bonchev–Trinajstić information content (AvgIpc) is 2.78. The summed E-state index contributed by atoms with van der Waals surface area (Å²) in [5.41, 5.74) is 1.62. The molecule has 1 unspecified atom stereocenters. The molecular formula is C15H21FN2. The molecule has 0 aromatic carbocycles. The first-order valence-corrected chi connectivity index (χ1v) is 6.80. The van der Waals surface area contributed by atoms with Crippen molar-refractivity contribution < 1.29 is 4.39 Å². The number of aromatic nitrogens is 1. The lowest BCUT2D eigenvalue weighted by Gasteiger charge is -2.43. The summed E-state index contributed by atoms with van der Waals surface area (Å²) in [4.78, 5) is 3.72. The minimum atomic E-state index is -0.418. The zero-order valence-electron chi connectivity index (χ0n) is 11.3. The zero-order valence-corrected chi connectivity index (χ0v) is 11.3. The lowest BCUT2D eigenvalue weighted by Crippen LogP contribution is -2.45. The summed E-state index contributed by atoms with van der Waals surface area (Å²) in [6.07, 6.45) is 5.56. The van der Waals surface area contributed by atoms with Gasteiger partial charge in [-0.05, 0) is 48.1 Å². The molecule has 2 nitrogen and oxygen atoms in total. The van der Waals surface area contributed by atoms with Crippen LogP contribution in [0.2, 0.25) is 0 Å². The van der Waals surface area contributed by atoms with Crippen LogP contribution in [-0.4, -0.2) is 11.0 Å². The summed E-state index contributed by atoms with van der Waals surface area (Å²) in [5.74, 6) is 0.396. The van der Waals surface area contributed by atoms with Gasteiger partial charge in [0.25, 0.3) is 0 Å². The summed E-state index contributed by atoms with van der Waals surface area (Å²) in [7, 11) is 0. The number of nitrogens with one attached hydrogen (secondary N) is 1. The van der Waals surface area contributed by atoms with E-state index in [1.165, 1.54) is 25.3 Å². The van der Waals surface area contributed by atoms with Crippen molar-refractivity contribution in [2.24, 2.45) is 16.7 Å².